The number of aromatic nitrogens is 5. The summed E-state index contributed by atoms with van der Waals surface area (Å²) in [7, 11) is 3.62. The van der Waals surface area contributed by atoms with Gasteiger partial charge >= 0.3 is 6.09 Å². The topological polar surface area (TPSA) is 110 Å². The van der Waals surface area contributed by atoms with E-state index in [0.717, 1.165) is 24.1 Å². The second kappa shape index (κ2) is 11.0. The van der Waals surface area contributed by atoms with Crippen LogP contribution in [0.2, 0.25) is 0 Å². The van der Waals surface area contributed by atoms with Gasteiger partial charge in [-0.25, -0.2) is 14.8 Å². The molecule has 0 radical (unpaired) electrons. The van der Waals surface area contributed by atoms with Crippen LogP contribution in [0.25, 0.3) is 17.2 Å². The van der Waals surface area contributed by atoms with Gasteiger partial charge in [-0.3, -0.25) is 14.3 Å². The van der Waals surface area contributed by atoms with E-state index in [0.29, 0.717) is 34.4 Å². The molecule has 1 aliphatic carbocycles. The van der Waals surface area contributed by atoms with E-state index in [1.807, 2.05) is 61.6 Å². The molecule has 6 rings (SSSR count). The molecule has 0 saturated carbocycles. The average Bonchev–Trinajstić information content (AvgIpc) is 3.58. The van der Waals surface area contributed by atoms with Gasteiger partial charge in [-0.2, -0.15) is 0 Å². The number of aryl methyl sites for hydroxylation is 2. The van der Waals surface area contributed by atoms with Crippen molar-refractivity contribution in [1.82, 2.24) is 29.6 Å². The Morgan fingerprint density at radius 2 is 1.82 bits per heavy atom. The summed E-state index contributed by atoms with van der Waals surface area (Å²) in [6.07, 6.45) is 3.42. The van der Waals surface area contributed by atoms with E-state index in [4.69, 9.17) is 14.7 Å². The zero-order valence-corrected chi connectivity index (χ0v) is 26.3. The Kier molecular flexibility index (Phi) is 7.35. The summed E-state index contributed by atoms with van der Waals surface area (Å²) in [5, 5.41) is 8.55. The number of pyridine rings is 2. The maximum atomic E-state index is 14.0. The van der Waals surface area contributed by atoms with E-state index >= 15 is 0 Å². The summed E-state index contributed by atoms with van der Waals surface area (Å²) in [6.45, 7) is 10.1. The molecule has 0 bridgehead atoms. The van der Waals surface area contributed by atoms with E-state index in [9.17, 15) is 9.59 Å². The molecule has 2 amide bonds. The van der Waals surface area contributed by atoms with E-state index in [1.54, 1.807) is 18.3 Å². The van der Waals surface area contributed by atoms with Gasteiger partial charge in [0.15, 0.2) is 5.82 Å². The zero-order chi connectivity index (χ0) is 31.3. The fourth-order valence-corrected chi connectivity index (χ4v) is 5.37. The van der Waals surface area contributed by atoms with Gasteiger partial charge in [0, 0.05) is 31.4 Å². The minimum absolute atomic E-state index is 0.154. The van der Waals surface area contributed by atoms with Crippen LogP contribution in [-0.4, -0.2) is 67.4 Å². The van der Waals surface area contributed by atoms with E-state index < -0.39 is 11.7 Å². The summed E-state index contributed by atoms with van der Waals surface area (Å²) in [4.78, 5) is 41.7. The number of rotatable bonds is 7. The highest BCUT2D eigenvalue weighted by Gasteiger charge is 2.34. The molecule has 0 N–H and O–H groups in total. The molecule has 0 spiro atoms. The first-order valence-electron chi connectivity index (χ1n) is 14.9. The lowest BCUT2D eigenvalue weighted by atomic mass is 9.88. The van der Waals surface area contributed by atoms with Crippen molar-refractivity contribution in [3.05, 3.63) is 76.7 Å². The van der Waals surface area contributed by atoms with Crippen LogP contribution in [0.1, 0.15) is 67.4 Å². The maximum absolute atomic E-state index is 14.0. The molecular formula is C33H38N8O3. The molecule has 4 heterocycles. The van der Waals surface area contributed by atoms with Crippen molar-refractivity contribution in [2.75, 3.05) is 23.9 Å². The van der Waals surface area contributed by atoms with Crippen LogP contribution in [0.3, 0.4) is 0 Å². The molecule has 3 aromatic heterocycles. The Hall–Kier alpha value is -4.80. The molecule has 0 fully saturated rings. The number of ether oxygens (including phenoxy) is 1. The SMILES string of the molecule is CC(C)N(C)c1cc2c(c(CN(C)C(=O)OC(C)(C)C)n1)CN(c1cccc(-c3nncn3-c3ccc4c(c3)CC4)n1)C2=O. The molecule has 44 heavy (non-hydrogen) atoms. The average molecular weight is 595 g/mol. The highest BCUT2D eigenvalue weighted by Crippen LogP contribution is 2.34. The first-order valence-corrected chi connectivity index (χ1v) is 14.9. The molecule has 0 unspecified atom stereocenters. The number of hydrogen-bond donors (Lipinski definition) is 0. The second-order valence-corrected chi connectivity index (χ2v) is 12.7. The van der Waals surface area contributed by atoms with Crippen molar-refractivity contribution >= 4 is 23.6 Å². The molecule has 1 aromatic carbocycles. The number of carbonyl (C=O) groups is 2. The molecule has 1 aliphatic heterocycles. The van der Waals surface area contributed by atoms with Crippen LogP contribution in [0.4, 0.5) is 16.4 Å². The predicted octanol–water partition coefficient (Wildman–Crippen LogP) is 5.19. The third kappa shape index (κ3) is 5.49. The van der Waals surface area contributed by atoms with Gasteiger partial charge < -0.3 is 14.5 Å². The summed E-state index contributed by atoms with van der Waals surface area (Å²) < 4.78 is 7.50. The Bertz CT molecular complexity index is 1760. The summed E-state index contributed by atoms with van der Waals surface area (Å²) in [5.41, 5.74) is 5.64. The number of anilines is 2. The molecule has 0 atom stereocenters. The summed E-state index contributed by atoms with van der Waals surface area (Å²) in [5.74, 6) is 1.59. The van der Waals surface area contributed by atoms with Crippen molar-refractivity contribution in [1.29, 1.82) is 0 Å². The highest BCUT2D eigenvalue weighted by atomic mass is 16.6. The largest absolute Gasteiger partial charge is 0.444 e. The van der Waals surface area contributed by atoms with E-state index in [-0.39, 0.29) is 25.0 Å². The molecule has 2 aliphatic rings. The van der Waals surface area contributed by atoms with Gasteiger partial charge in [0.05, 0.1) is 24.3 Å². The van der Waals surface area contributed by atoms with Gasteiger partial charge in [0.25, 0.3) is 5.91 Å². The number of nitrogens with zero attached hydrogens (tertiary/aromatic N) is 8. The lowest BCUT2D eigenvalue weighted by Gasteiger charge is -2.26. The zero-order valence-electron chi connectivity index (χ0n) is 26.3. The fourth-order valence-electron chi connectivity index (χ4n) is 5.37. The molecule has 4 aromatic rings. The van der Waals surface area contributed by atoms with Crippen LogP contribution >= 0.6 is 0 Å². The minimum atomic E-state index is -0.630. The van der Waals surface area contributed by atoms with Gasteiger partial charge in [0.1, 0.15) is 29.3 Å². The third-order valence-corrected chi connectivity index (χ3v) is 8.14. The first-order chi connectivity index (χ1) is 20.9. The van der Waals surface area contributed by atoms with Crippen molar-refractivity contribution in [3.8, 4) is 17.2 Å². The van der Waals surface area contributed by atoms with Crippen LogP contribution in [0.15, 0.2) is 48.8 Å². The second-order valence-electron chi connectivity index (χ2n) is 12.7. The Labute approximate surface area is 257 Å². The quantitative estimate of drug-likeness (QED) is 0.287. The van der Waals surface area contributed by atoms with Crippen molar-refractivity contribution in [2.45, 2.75) is 72.2 Å². The number of carbonyl (C=O) groups excluding carboxylic acids is 2. The van der Waals surface area contributed by atoms with Crippen molar-refractivity contribution in [2.24, 2.45) is 0 Å². The molecule has 0 saturated heterocycles. The van der Waals surface area contributed by atoms with Gasteiger partial charge in [-0.1, -0.05) is 12.1 Å². The lowest BCUT2D eigenvalue weighted by molar-refractivity contribution is 0.0282. The smallest absolute Gasteiger partial charge is 0.410 e. The third-order valence-electron chi connectivity index (χ3n) is 8.14. The lowest BCUT2D eigenvalue weighted by Crippen LogP contribution is -2.34. The van der Waals surface area contributed by atoms with Crippen molar-refractivity contribution in [3.63, 3.8) is 0 Å². The van der Waals surface area contributed by atoms with Crippen molar-refractivity contribution < 1.29 is 14.3 Å². The van der Waals surface area contributed by atoms with Gasteiger partial charge in [-0.05, 0) is 88.9 Å². The molecule has 11 heteroatoms. The summed E-state index contributed by atoms with van der Waals surface area (Å²) in [6, 6.07) is 13.9. The fraction of sp³-hybridized carbons (Fsp3) is 0.394. The number of hydrogen-bond acceptors (Lipinski definition) is 8. The highest BCUT2D eigenvalue weighted by molar-refractivity contribution is 6.10. The minimum Gasteiger partial charge on any atom is -0.444 e. The van der Waals surface area contributed by atoms with Crippen LogP contribution < -0.4 is 9.80 Å². The predicted molar refractivity (Wildman–Crippen MR) is 168 cm³/mol. The number of amides is 2. The van der Waals surface area contributed by atoms with E-state index in [1.165, 1.54) is 16.0 Å². The Morgan fingerprint density at radius 3 is 2.50 bits per heavy atom. The van der Waals surface area contributed by atoms with Crippen LogP contribution in [0.5, 0.6) is 0 Å². The Balaban J connectivity index is 1.33. The molecule has 11 nitrogen and oxygen atoms in total. The number of benzene rings is 1. The molecule has 228 valence electrons. The Morgan fingerprint density at radius 1 is 1.05 bits per heavy atom. The normalized spacial score (nSPS) is 13.9. The first kappa shape index (κ1) is 29.3. The monoisotopic (exact) mass is 594 g/mol. The van der Waals surface area contributed by atoms with Crippen LogP contribution in [0, 0.1) is 0 Å². The number of fused-ring (bicyclic) bond motifs is 2. The summed E-state index contributed by atoms with van der Waals surface area (Å²) >= 11 is 0. The maximum Gasteiger partial charge on any atom is 0.410 e. The molecular weight excluding hydrogens is 556 g/mol. The van der Waals surface area contributed by atoms with Crippen LogP contribution in [-0.2, 0) is 30.7 Å². The van der Waals surface area contributed by atoms with E-state index in [2.05, 4.69) is 42.2 Å². The van der Waals surface area contributed by atoms with Gasteiger partial charge in [-0.15, -0.1) is 10.2 Å². The standard InChI is InChI=1S/C33H38N8O3/c1-20(2)39(7)29-16-24-25(27(36-29)18-38(6)32(43)44-33(3,4)5)17-40(31(24)42)28-10-8-9-26(35-28)30-37-34-19-41(30)23-14-13-21-11-12-22(21)15-23/h8-10,13-16,19-20H,11-12,17-18H2,1-7H3. The van der Waals surface area contributed by atoms with Gasteiger partial charge in [0.2, 0.25) is 0 Å².